The lowest BCUT2D eigenvalue weighted by atomic mass is 10.1. The van der Waals surface area contributed by atoms with E-state index in [2.05, 4.69) is 26.2 Å². The van der Waals surface area contributed by atoms with Crippen molar-refractivity contribution in [1.29, 1.82) is 0 Å². The summed E-state index contributed by atoms with van der Waals surface area (Å²) in [5.41, 5.74) is 0.787. The van der Waals surface area contributed by atoms with Crippen LogP contribution in [-0.4, -0.2) is 29.9 Å². The number of carbonyl (C=O) groups is 3. The first-order chi connectivity index (χ1) is 12.0. The van der Waals surface area contributed by atoms with Crippen LogP contribution in [0.3, 0.4) is 0 Å². The summed E-state index contributed by atoms with van der Waals surface area (Å²) in [5, 5.41) is 2.17. The number of ether oxygens (including phenoxy) is 1. The minimum atomic E-state index is -0.797. The van der Waals surface area contributed by atoms with Gasteiger partial charge in [0, 0.05) is 12.4 Å². The van der Waals surface area contributed by atoms with E-state index >= 15 is 0 Å². The number of carbonyl (C=O) groups excluding carboxylic acids is 3. The van der Waals surface area contributed by atoms with E-state index in [0.29, 0.717) is 21.5 Å². The Bertz CT molecular complexity index is 896. The van der Waals surface area contributed by atoms with Crippen molar-refractivity contribution < 1.29 is 19.1 Å². The number of hydrogen-bond acceptors (Lipinski definition) is 5. The Hall–Kier alpha value is -3.00. The van der Waals surface area contributed by atoms with Crippen molar-refractivity contribution in [1.82, 2.24) is 10.3 Å². The summed E-state index contributed by atoms with van der Waals surface area (Å²) in [5.74, 6) is -0.825. The van der Waals surface area contributed by atoms with E-state index in [1.165, 1.54) is 37.7 Å². The average Bonchev–Trinajstić information content (AvgIpc) is 2.59. The third kappa shape index (κ3) is 3.29. The van der Waals surface area contributed by atoms with Gasteiger partial charge in [-0.3, -0.25) is 19.9 Å². The molecule has 0 spiro atoms. The largest absolute Gasteiger partial charge is 0.496 e. The fourth-order valence-corrected chi connectivity index (χ4v) is 2.88. The van der Waals surface area contributed by atoms with Crippen molar-refractivity contribution in [2.45, 2.75) is 0 Å². The Morgan fingerprint density at radius 2 is 1.88 bits per heavy atom. The third-order valence-corrected chi connectivity index (χ3v) is 4.13. The molecule has 0 aliphatic carbocycles. The van der Waals surface area contributed by atoms with Crippen molar-refractivity contribution in [2.24, 2.45) is 0 Å². The van der Waals surface area contributed by atoms with E-state index in [1.54, 1.807) is 18.2 Å². The second-order valence-corrected chi connectivity index (χ2v) is 5.91. The predicted octanol–water partition coefficient (Wildman–Crippen LogP) is 2.52. The number of imide groups is 2. The fraction of sp³-hybridized carbons (Fsp3) is 0.0588. The molecule has 1 aromatic carbocycles. The smallest absolute Gasteiger partial charge is 0.335 e. The number of nitrogens with zero attached hydrogens (tertiary/aromatic N) is 2. The molecular formula is C17H12BrN3O4. The lowest BCUT2D eigenvalue weighted by Gasteiger charge is -2.26. The molecule has 0 saturated carbocycles. The highest BCUT2D eigenvalue weighted by Crippen LogP contribution is 2.27. The quantitative estimate of drug-likeness (QED) is 0.630. The highest BCUT2D eigenvalue weighted by molar-refractivity contribution is 9.10. The van der Waals surface area contributed by atoms with E-state index in [-0.39, 0.29) is 5.57 Å². The van der Waals surface area contributed by atoms with Gasteiger partial charge in [-0.25, -0.2) is 9.69 Å². The molecule has 4 amide bonds. The number of amides is 4. The number of nitrogens with one attached hydrogen (secondary N) is 1. The maximum absolute atomic E-state index is 12.7. The summed E-state index contributed by atoms with van der Waals surface area (Å²) in [7, 11) is 1.54. The number of anilines is 1. The fourth-order valence-electron chi connectivity index (χ4n) is 2.32. The van der Waals surface area contributed by atoms with Crippen LogP contribution >= 0.6 is 15.9 Å². The van der Waals surface area contributed by atoms with Gasteiger partial charge in [-0.15, -0.1) is 0 Å². The van der Waals surface area contributed by atoms with Gasteiger partial charge in [-0.2, -0.15) is 0 Å². The van der Waals surface area contributed by atoms with Gasteiger partial charge in [0.2, 0.25) is 0 Å². The zero-order chi connectivity index (χ0) is 18.0. The molecule has 8 heteroatoms. The van der Waals surface area contributed by atoms with Crippen molar-refractivity contribution >= 4 is 45.5 Å². The first kappa shape index (κ1) is 16.8. The number of pyridine rings is 1. The molecule has 1 N–H and O–H groups in total. The van der Waals surface area contributed by atoms with E-state index in [1.807, 2.05) is 0 Å². The molecule has 1 saturated heterocycles. The monoisotopic (exact) mass is 401 g/mol. The molecule has 0 radical (unpaired) electrons. The molecule has 2 aromatic rings. The van der Waals surface area contributed by atoms with Crippen molar-refractivity contribution in [3.63, 3.8) is 0 Å². The van der Waals surface area contributed by atoms with Crippen LogP contribution in [0.5, 0.6) is 5.75 Å². The molecule has 126 valence electrons. The lowest BCUT2D eigenvalue weighted by molar-refractivity contribution is -0.122. The SMILES string of the molecule is COc1ccc(/C=C2\C(=O)NC(=O)N(c3ccncc3)C2=O)cc1Br. The topological polar surface area (TPSA) is 88.6 Å². The van der Waals surface area contributed by atoms with Gasteiger partial charge in [-0.05, 0) is 51.8 Å². The standard InChI is InChI=1S/C17H12BrN3O4/c1-25-14-3-2-10(9-13(14)18)8-12-15(22)20-17(24)21(16(12)23)11-4-6-19-7-5-11/h2-9H,1H3,(H,20,22,24)/b12-8+. The Labute approximate surface area is 151 Å². The van der Waals surface area contributed by atoms with E-state index in [4.69, 9.17) is 4.74 Å². The highest BCUT2D eigenvalue weighted by Gasteiger charge is 2.36. The summed E-state index contributed by atoms with van der Waals surface area (Å²) in [6, 6.07) is 7.33. The maximum atomic E-state index is 12.7. The molecular weight excluding hydrogens is 390 g/mol. The molecule has 1 fully saturated rings. The average molecular weight is 402 g/mol. The lowest BCUT2D eigenvalue weighted by Crippen LogP contribution is -2.54. The van der Waals surface area contributed by atoms with Gasteiger partial charge in [0.05, 0.1) is 17.3 Å². The summed E-state index contributed by atoms with van der Waals surface area (Å²) in [6.45, 7) is 0. The normalized spacial score (nSPS) is 16.2. The van der Waals surface area contributed by atoms with Crippen LogP contribution in [0.25, 0.3) is 6.08 Å². The van der Waals surface area contributed by atoms with Gasteiger partial charge in [0.1, 0.15) is 11.3 Å². The van der Waals surface area contributed by atoms with Crippen LogP contribution in [0.15, 0.2) is 52.8 Å². The molecule has 3 rings (SSSR count). The molecule has 0 atom stereocenters. The number of benzene rings is 1. The Kier molecular flexibility index (Phi) is 4.62. The van der Waals surface area contributed by atoms with E-state index in [9.17, 15) is 14.4 Å². The van der Waals surface area contributed by atoms with E-state index < -0.39 is 17.8 Å². The van der Waals surface area contributed by atoms with Gasteiger partial charge >= 0.3 is 6.03 Å². The van der Waals surface area contributed by atoms with Crippen molar-refractivity contribution in [3.05, 3.63) is 58.3 Å². The van der Waals surface area contributed by atoms with Gasteiger partial charge < -0.3 is 4.74 Å². The van der Waals surface area contributed by atoms with Crippen LogP contribution in [0.1, 0.15) is 5.56 Å². The van der Waals surface area contributed by atoms with Crippen molar-refractivity contribution in [2.75, 3.05) is 12.0 Å². The molecule has 0 unspecified atom stereocenters. The zero-order valence-electron chi connectivity index (χ0n) is 13.0. The summed E-state index contributed by atoms with van der Waals surface area (Å²) in [4.78, 5) is 41.6. The number of hydrogen-bond donors (Lipinski definition) is 1. The molecule has 0 bridgehead atoms. The van der Waals surface area contributed by atoms with Crippen LogP contribution in [0.2, 0.25) is 0 Å². The third-order valence-electron chi connectivity index (χ3n) is 3.51. The minimum absolute atomic E-state index is 0.145. The Morgan fingerprint density at radius 1 is 1.16 bits per heavy atom. The second kappa shape index (κ2) is 6.86. The first-order valence-electron chi connectivity index (χ1n) is 7.16. The minimum Gasteiger partial charge on any atom is -0.496 e. The zero-order valence-corrected chi connectivity index (χ0v) is 14.6. The molecule has 1 aliphatic rings. The van der Waals surface area contributed by atoms with Gasteiger partial charge in [-0.1, -0.05) is 6.07 Å². The second-order valence-electron chi connectivity index (χ2n) is 5.06. The molecule has 7 nitrogen and oxygen atoms in total. The van der Waals surface area contributed by atoms with Crippen LogP contribution < -0.4 is 15.0 Å². The number of barbiturate groups is 1. The summed E-state index contributed by atoms with van der Waals surface area (Å²) < 4.78 is 5.82. The van der Waals surface area contributed by atoms with Crippen molar-refractivity contribution in [3.8, 4) is 5.75 Å². The van der Waals surface area contributed by atoms with Gasteiger partial charge in [0.15, 0.2) is 0 Å². The number of urea groups is 1. The maximum Gasteiger partial charge on any atom is 0.335 e. The first-order valence-corrected chi connectivity index (χ1v) is 7.95. The van der Waals surface area contributed by atoms with Gasteiger partial charge in [0.25, 0.3) is 11.8 Å². The number of methoxy groups -OCH3 is 1. The van der Waals surface area contributed by atoms with Crippen LogP contribution in [0, 0.1) is 0 Å². The summed E-state index contributed by atoms with van der Waals surface area (Å²) >= 11 is 3.35. The molecule has 25 heavy (non-hydrogen) atoms. The molecule has 1 aromatic heterocycles. The highest BCUT2D eigenvalue weighted by atomic mass is 79.9. The van der Waals surface area contributed by atoms with E-state index in [0.717, 1.165) is 4.90 Å². The Balaban J connectivity index is 2.00. The number of halogens is 1. The van der Waals surface area contributed by atoms with Crippen LogP contribution in [0.4, 0.5) is 10.5 Å². The van der Waals surface area contributed by atoms with Crippen LogP contribution in [-0.2, 0) is 9.59 Å². The number of aromatic nitrogens is 1. The summed E-state index contributed by atoms with van der Waals surface area (Å²) in [6.07, 6.45) is 4.33. The predicted molar refractivity (Wildman–Crippen MR) is 93.9 cm³/mol. The Morgan fingerprint density at radius 3 is 2.52 bits per heavy atom. The molecule has 1 aliphatic heterocycles. The number of rotatable bonds is 3. The molecule has 2 heterocycles.